The van der Waals surface area contributed by atoms with E-state index in [9.17, 15) is 9.59 Å². The average molecular weight is 395 g/mol. The van der Waals surface area contributed by atoms with Crippen LogP contribution in [0.15, 0.2) is 48.5 Å². The highest BCUT2D eigenvalue weighted by Gasteiger charge is 2.29. The zero-order valence-electron chi connectivity index (χ0n) is 17.2. The molecular weight excluding hydrogens is 364 g/mol. The molecule has 0 radical (unpaired) electrons. The van der Waals surface area contributed by atoms with Crippen molar-refractivity contribution >= 4 is 11.8 Å². The van der Waals surface area contributed by atoms with E-state index in [1.165, 1.54) is 5.56 Å². The van der Waals surface area contributed by atoms with Crippen LogP contribution in [0.1, 0.15) is 42.4 Å². The summed E-state index contributed by atoms with van der Waals surface area (Å²) in [5, 5.41) is 6.08. The molecule has 0 spiro atoms. The van der Waals surface area contributed by atoms with Crippen LogP contribution in [0.4, 0.5) is 0 Å². The first-order chi connectivity index (χ1) is 14.1. The number of rotatable bonds is 7. The molecule has 29 heavy (non-hydrogen) atoms. The van der Waals surface area contributed by atoms with Crippen molar-refractivity contribution in [1.82, 2.24) is 10.6 Å². The SMILES string of the molecule is COc1ccc(CNC(=O)C2CCC(C(=O)NCc3ccccc3C)CC2)cc1. The maximum Gasteiger partial charge on any atom is 0.223 e. The van der Waals surface area contributed by atoms with Crippen LogP contribution in [-0.2, 0) is 22.7 Å². The van der Waals surface area contributed by atoms with E-state index in [1.54, 1.807) is 7.11 Å². The molecule has 1 fully saturated rings. The lowest BCUT2D eigenvalue weighted by Gasteiger charge is -2.27. The molecule has 1 aliphatic carbocycles. The molecule has 0 aromatic heterocycles. The summed E-state index contributed by atoms with van der Waals surface area (Å²) in [4.78, 5) is 25.0. The highest BCUT2D eigenvalue weighted by Crippen LogP contribution is 2.29. The normalized spacial score (nSPS) is 18.7. The molecule has 0 saturated heterocycles. The van der Waals surface area contributed by atoms with Crippen molar-refractivity contribution < 1.29 is 14.3 Å². The van der Waals surface area contributed by atoms with Crippen LogP contribution in [0.3, 0.4) is 0 Å². The molecule has 2 aromatic rings. The van der Waals surface area contributed by atoms with Gasteiger partial charge in [0.15, 0.2) is 0 Å². The Morgan fingerprint density at radius 2 is 1.41 bits per heavy atom. The van der Waals surface area contributed by atoms with Gasteiger partial charge in [-0.1, -0.05) is 36.4 Å². The number of hydrogen-bond donors (Lipinski definition) is 2. The third-order valence-electron chi connectivity index (χ3n) is 5.81. The van der Waals surface area contributed by atoms with Crippen molar-refractivity contribution in [3.63, 3.8) is 0 Å². The third-order valence-corrected chi connectivity index (χ3v) is 5.81. The summed E-state index contributed by atoms with van der Waals surface area (Å²) in [6.07, 6.45) is 3.05. The van der Waals surface area contributed by atoms with Gasteiger partial charge in [0.2, 0.25) is 11.8 Å². The summed E-state index contributed by atoms with van der Waals surface area (Å²) >= 11 is 0. The van der Waals surface area contributed by atoms with Gasteiger partial charge in [-0.05, 0) is 61.4 Å². The fourth-order valence-electron chi connectivity index (χ4n) is 3.83. The van der Waals surface area contributed by atoms with Crippen molar-refractivity contribution in [2.75, 3.05) is 7.11 Å². The number of benzene rings is 2. The number of carbonyl (C=O) groups is 2. The lowest BCUT2D eigenvalue weighted by Crippen LogP contribution is -2.37. The molecule has 1 saturated carbocycles. The van der Waals surface area contributed by atoms with E-state index in [0.717, 1.165) is 42.6 Å². The van der Waals surface area contributed by atoms with Crippen LogP contribution >= 0.6 is 0 Å². The van der Waals surface area contributed by atoms with E-state index >= 15 is 0 Å². The first-order valence-corrected chi connectivity index (χ1v) is 10.3. The number of nitrogens with one attached hydrogen (secondary N) is 2. The minimum absolute atomic E-state index is 0.00431. The van der Waals surface area contributed by atoms with Crippen LogP contribution in [0.5, 0.6) is 5.75 Å². The summed E-state index contributed by atoms with van der Waals surface area (Å²) in [5.74, 6) is 0.988. The van der Waals surface area contributed by atoms with Gasteiger partial charge in [-0.3, -0.25) is 9.59 Å². The number of ether oxygens (including phenoxy) is 1. The quantitative estimate of drug-likeness (QED) is 0.752. The van der Waals surface area contributed by atoms with E-state index in [0.29, 0.717) is 13.1 Å². The lowest BCUT2D eigenvalue weighted by molar-refractivity contribution is -0.130. The second-order valence-corrected chi connectivity index (χ2v) is 7.76. The Balaban J connectivity index is 1.40. The van der Waals surface area contributed by atoms with E-state index in [4.69, 9.17) is 4.74 Å². The van der Waals surface area contributed by atoms with Crippen LogP contribution < -0.4 is 15.4 Å². The standard InChI is InChI=1S/C24H30N2O3/c1-17-5-3-4-6-21(17)16-26-24(28)20-11-9-19(10-12-20)23(27)25-15-18-7-13-22(29-2)14-8-18/h3-8,13-14,19-20H,9-12,15-16H2,1-2H3,(H,25,27)(H,26,28). The molecule has 0 unspecified atom stereocenters. The minimum atomic E-state index is -0.00586. The lowest BCUT2D eigenvalue weighted by atomic mass is 9.81. The Hall–Kier alpha value is -2.82. The molecule has 0 bridgehead atoms. The van der Waals surface area contributed by atoms with Gasteiger partial charge in [-0.25, -0.2) is 0 Å². The van der Waals surface area contributed by atoms with Gasteiger partial charge < -0.3 is 15.4 Å². The average Bonchev–Trinajstić information content (AvgIpc) is 2.77. The number of carbonyl (C=O) groups excluding carboxylic acids is 2. The summed E-state index contributed by atoms with van der Waals surface area (Å²) in [6, 6.07) is 15.8. The summed E-state index contributed by atoms with van der Waals surface area (Å²) in [7, 11) is 1.64. The van der Waals surface area contributed by atoms with E-state index < -0.39 is 0 Å². The molecule has 0 heterocycles. The smallest absolute Gasteiger partial charge is 0.223 e. The van der Waals surface area contributed by atoms with Gasteiger partial charge in [-0.2, -0.15) is 0 Å². The maximum atomic E-state index is 12.5. The van der Waals surface area contributed by atoms with E-state index in [-0.39, 0.29) is 23.7 Å². The number of amides is 2. The largest absolute Gasteiger partial charge is 0.497 e. The van der Waals surface area contributed by atoms with E-state index in [1.807, 2.05) is 42.5 Å². The highest BCUT2D eigenvalue weighted by atomic mass is 16.5. The molecule has 2 aromatic carbocycles. The topological polar surface area (TPSA) is 67.4 Å². The molecule has 5 heteroatoms. The first kappa shape index (κ1) is 20.9. The van der Waals surface area contributed by atoms with Crippen molar-refractivity contribution in [2.45, 2.75) is 45.7 Å². The Morgan fingerprint density at radius 1 is 0.862 bits per heavy atom. The van der Waals surface area contributed by atoms with Gasteiger partial charge in [-0.15, -0.1) is 0 Å². The second-order valence-electron chi connectivity index (χ2n) is 7.76. The molecule has 5 nitrogen and oxygen atoms in total. The zero-order valence-corrected chi connectivity index (χ0v) is 17.2. The van der Waals surface area contributed by atoms with Crippen molar-refractivity contribution in [1.29, 1.82) is 0 Å². The van der Waals surface area contributed by atoms with Gasteiger partial charge in [0.25, 0.3) is 0 Å². The van der Waals surface area contributed by atoms with Crippen molar-refractivity contribution in [3.8, 4) is 5.75 Å². The second kappa shape index (κ2) is 10.1. The van der Waals surface area contributed by atoms with Crippen LogP contribution in [0.2, 0.25) is 0 Å². The Bertz CT molecular complexity index is 824. The number of aryl methyl sites for hydroxylation is 1. The monoisotopic (exact) mass is 394 g/mol. The summed E-state index contributed by atoms with van der Waals surface area (Å²) in [6.45, 7) is 3.13. The molecule has 2 N–H and O–H groups in total. The van der Waals surface area contributed by atoms with Gasteiger partial charge >= 0.3 is 0 Å². The molecule has 154 valence electrons. The molecule has 0 atom stereocenters. The fourth-order valence-corrected chi connectivity index (χ4v) is 3.83. The highest BCUT2D eigenvalue weighted by molar-refractivity contribution is 5.81. The molecule has 3 rings (SSSR count). The maximum absolute atomic E-state index is 12.5. The number of hydrogen-bond acceptors (Lipinski definition) is 3. The minimum Gasteiger partial charge on any atom is -0.497 e. The summed E-state index contributed by atoms with van der Waals surface area (Å²) < 4.78 is 5.15. The predicted octanol–water partition coefficient (Wildman–Crippen LogP) is 3.74. The Labute approximate surface area is 172 Å². The first-order valence-electron chi connectivity index (χ1n) is 10.3. The van der Waals surface area contributed by atoms with E-state index in [2.05, 4.69) is 23.6 Å². The molecule has 0 aliphatic heterocycles. The van der Waals surface area contributed by atoms with Gasteiger partial charge in [0.1, 0.15) is 5.75 Å². The van der Waals surface area contributed by atoms with Gasteiger partial charge in [0.05, 0.1) is 7.11 Å². The fraction of sp³-hybridized carbons (Fsp3) is 0.417. The van der Waals surface area contributed by atoms with Crippen LogP contribution in [-0.4, -0.2) is 18.9 Å². The molecule has 1 aliphatic rings. The zero-order chi connectivity index (χ0) is 20.6. The van der Waals surface area contributed by atoms with Crippen LogP contribution in [0, 0.1) is 18.8 Å². The van der Waals surface area contributed by atoms with Crippen molar-refractivity contribution in [3.05, 3.63) is 65.2 Å². The predicted molar refractivity (Wildman–Crippen MR) is 113 cm³/mol. The molecular formula is C24H30N2O3. The Kier molecular flexibility index (Phi) is 7.28. The van der Waals surface area contributed by atoms with Crippen molar-refractivity contribution in [2.24, 2.45) is 11.8 Å². The number of methoxy groups -OCH3 is 1. The third kappa shape index (κ3) is 5.83. The molecule has 2 amide bonds. The Morgan fingerprint density at radius 3 is 1.97 bits per heavy atom. The summed E-state index contributed by atoms with van der Waals surface area (Å²) in [5.41, 5.74) is 3.38. The van der Waals surface area contributed by atoms with Crippen LogP contribution in [0.25, 0.3) is 0 Å². The van der Waals surface area contributed by atoms with Gasteiger partial charge in [0, 0.05) is 24.9 Å².